The zero-order valence-electron chi connectivity index (χ0n) is 8.40. The molecular weight excluding hydrogens is 194 g/mol. The molecule has 0 aliphatic carbocycles. The molecule has 0 aromatic heterocycles. The summed E-state index contributed by atoms with van der Waals surface area (Å²) in [5.41, 5.74) is 6.24. The van der Waals surface area contributed by atoms with Gasteiger partial charge >= 0.3 is 0 Å². The minimum absolute atomic E-state index is 0.190. The van der Waals surface area contributed by atoms with Crippen LogP contribution < -0.4 is 5.73 Å². The summed E-state index contributed by atoms with van der Waals surface area (Å²) >= 11 is 0. The highest BCUT2D eigenvalue weighted by Gasteiger charge is 2.03. The Morgan fingerprint density at radius 1 is 1.40 bits per heavy atom. The first-order valence-electron chi connectivity index (χ1n) is 4.57. The van der Waals surface area contributed by atoms with Gasteiger partial charge in [0.2, 0.25) is 5.91 Å². The molecular formula is C11H13NO3. The molecule has 4 nitrogen and oxygen atoms in total. The third-order valence-electron chi connectivity index (χ3n) is 2.04. The number of primary amides is 1. The number of benzene rings is 1. The Hall–Kier alpha value is -1.97. The largest absolute Gasteiger partial charge is 0.504 e. The summed E-state index contributed by atoms with van der Waals surface area (Å²) in [4.78, 5) is 10.9. The number of carbonyl (C=O) groups is 1. The van der Waals surface area contributed by atoms with Gasteiger partial charge in [0.1, 0.15) is 0 Å². The molecule has 1 rings (SSSR count). The lowest BCUT2D eigenvalue weighted by atomic mass is 10.1. The molecule has 0 heterocycles. The lowest BCUT2D eigenvalue weighted by molar-refractivity contribution is -0.114. The minimum atomic E-state index is -0.481. The number of hydrogen-bond acceptors (Lipinski definition) is 3. The number of aromatic hydroxyl groups is 2. The molecule has 0 unspecified atom stereocenters. The van der Waals surface area contributed by atoms with Gasteiger partial charge in [0.15, 0.2) is 11.5 Å². The van der Waals surface area contributed by atoms with E-state index in [9.17, 15) is 9.90 Å². The maximum atomic E-state index is 10.9. The van der Waals surface area contributed by atoms with E-state index in [0.29, 0.717) is 17.6 Å². The second-order valence-electron chi connectivity index (χ2n) is 3.14. The lowest BCUT2D eigenvalue weighted by Gasteiger charge is -2.01. The van der Waals surface area contributed by atoms with Crippen molar-refractivity contribution in [2.45, 2.75) is 13.3 Å². The predicted octanol–water partition coefficient (Wildman–Crippen LogP) is 1.38. The lowest BCUT2D eigenvalue weighted by Crippen LogP contribution is -2.12. The molecule has 1 aromatic carbocycles. The zero-order chi connectivity index (χ0) is 11.4. The third-order valence-corrected chi connectivity index (χ3v) is 2.04. The fourth-order valence-electron chi connectivity index (χ4n) is 1.18. The van der Waals surface area contributed by atoms with E-state index in [-0.39, 0.29) is 11.5 Å². The van der Waals surface area contributed by atoms with Crippen molar-refractivity contribution in [1.29, 1.82) is 0 Å². The standard InChI is InChI=1S/C11H13NO3/c1-2-8(11(12)15)5-7-3-4-9(13)10(14)6-7/h3-6,13-14H,2H2,1H3,(H2,12,15)/b8-5+. The van der Waals surface area contributed by atoms with Gasteiger partial charge in [-0.15, -0.1) is 0 Å². The summed E-state index contributed by atoms with van der Waals surface area (Å²) in [5.74, 6) is -0.891. The van der Waals surface area contributed by atoms with Crippen molar-refractivity contribution < 1.29 is 15.0 Å². The maximum absolute atomic E-state index is 10.9. The van der Waals surface area contributed by atoms with Crippen molar-refractivity contribution in [3.05, 3.63) is 29.3 Å². The Kier molecular flexibility index (Phi) is 3.33. The fraction of sp³-hybridized carbons (Fsp3) is 0.182. The number of carbonyl (C=O) groups excluding carboxylic acids is 1. The molecule has 1 aromatic rings. The second kappa shape index (κ2) is 4.50. The number of hydrogen-bond donors (Lipinski definition) is 3. The molecule has 0 radical (unpaired) electrons. The van der Waals surface area contributed by atoms with E-state index in [1.165, 1.54) is 12.1 Å². The molecule has 0 aliphatic rings. The highest BCUT2D eigenvalue weighted by atomic mass is 16.3. The minimum Gasteiger partial charge on any atom is -0.504 e. The molecule has 4 heteroatoms. The van der Waals surface area contributed by atoms with Gasteiger partial charge in [-0.25, -0.2) is 0 Å². The van der Waals surface area contributed by atoms with E-state index in [1.54, 1.807) is 12.1 Å². The van der Waals surface area contributed by atoms with Crippen LogP contribution >= 0.6 is 0 Å². The Balaban J connectivity index is 3.07. The summed E-state index contributed by atoms with van der Waals surface area (Å²) in [6, 6.07) is 4.32. The quantitative estimate of drug-likeness (QED) is 0.517. The van der Waals surface area contributed by atoms with Gasteiger partial charge < -0.3 is 15.9 Å². The monoisotopic (exact) mass is 207 g/mol. The molecule has 0 saturated heterocycles. The maximum Gasteiger partial charge on any atom is 0.244 e. The third kappa shape index (κ3) is 2.74. The summed E-state index contributed by atoms with van der Waals surface area (Å²) in [6.45, 7) is 1.82. The van der Waals surface area contributed by atoms with E-state index in [1.807, 2.05) is 6.92 Å². The number of amides is 1. The van der Waals surface area contributed by atoms with E-state index >= 15 is 0 Å². The summed E-state index contributed by atoms with van der Waals surface area (Å²) in [6.07, 6.45) is 2.11. The highest BCUT2D eigenvalue weighted by molar-refractivity contribution is 5.96. The van der Waals surface area contributed by atoms with Crippen LogP contribution in [0.2, 0.25) is 0 Å². The predicted molar refractivity (Wildman–Crippen MR) is 57.2 cm³/mol. The summed E-state index contributed by atoms with van der Waals surface area (Å²) in [5, 5.41) is 18.3. The molecule has 80 valence electrons. The van der Waals surface area contributed by atoms with Crippen LogP contribution in [-0.2, 0) is 4.79 Å². The molecule has 0 fully saturated rings. The molecule has 0 atom stereocenters. The Morgan fingerprint density at radius 2 is 2.07 bits per heavy atom. The highest BCUT2D eigenvalue weighted by Crippen LogP contribution is 2.26. The van der Waals surface area contributed by atoms with Crippen molar-refractivity contribution in [2.75, 3.05) is 0 Å². The molecule has 0 bridgehead atoms. The Bertz CT molecular complexity index is 410. The first-order chi connectivity index (χ1) is 7.04. The van der Waals surface area contributed by atoms with Crippen molar-refractivity contribution in [3.63, 3.8) is 0 Å². The van der Waals surface area contributed by atoms with Crippen LogP contribution in [0, 0.1) is 0 Å². The van der Waals surface area contributed by atoms with Crippen molar-refractivity contribution in [3.8, 4) is 11.5 Å². The molecule has 0 saturated carbocycles. The molecule has 1 amide bonds. The first kappa shape index (κ1) is 11.1. The van der Waals surface area contributed by atoms with Gasteiger partial charge in [-0.3, -0.25) is 4.79 Å². The van der Waals surface area contributed by atoms with Crippen LogP contribution in [0.1, 0.15) is 18.9 Å². The molecule has 0 spiro atoms. The fourth-order valence-corrected chi connectivity index (χ4v) is 1.18. The van der Waals surface area contributed by atoms with E-state index in [0.717, 1.165) is 0 Å². The summed E-state index contributed by atoms with van der Waals surface area (Å²) < 4.78 is 0. The Labute approximate surface area is 87.7 Å². The number of phenolic OH excluding ortho intramolecular Hbond substituents is 2. The van der Waals surface area contributed by atoms with Gasteiger partial charge in [0.25, 0.3) is 0 Å². The van der Waals surface area contributed by atoms with Crippen molar-refractivity contribution in [1.82, 2.24) is 0 Å². The average molecular weight is 207 g/mol. The topological polar surface area (TPSA) is 83.6 Å². The molecule has 4 N–H and O–H groups in total. The van der Waals surface area contributed by atoms with E-state index in [4.69, 9.17) is 10.8 Å². The molecule has 0 aliphatic heterocycles. The Morgan fingerprint density at radius 3 is 2.53 bits per heavy atom. The average Bonchev–Trinajstić information content (AvgIpc) is 2.19. The first-order valence-corrected chi connectivity index (χ1v) is 4.57. The second-order valence-corrected chi connectivity index (χ2v) is 3.14. The van der Waals surface area contributed by atoms with Crippen LogP contribution in [0.5, 0.6) is 11.5 Å². The van der Waals surface area contributed by atoms with Crippen molar-refractivity contribution in [2.24, 2.45) is 5.73 Å². The van der Waals surface area contributed by atoms with Gasteiger partial charge in [0, 0.05) is 5.57 Å². The number of rotatable bonds is 3. The van der Waals surface area contributed by atoms with Crippen LogP contribution in [0.25, 0.3) is 6.08 Å². The SMILES string of the molecule is CC/C(=C\c1ccc(O)c(O)c1)C(N)=O. The normalized spacial score (nSPS) is 11.4. The van der Waals surface area contributed by atoms with E-state index < -0.39 is 5.91 Å². The van der Waals surface area contributed by atoms with Crippen LogP contribution in [-0.4, -0.2) is 16.1 Å². The van der Waals surface area contributed by atoms with Gasteiger partial charge in [-0.05, 0) is 30.2 Å². The van der Waals surface area contributed by atoms with Crippen LogP contribution in [0.3, 0.4) is 0 Å². The molecule has 15 heavy (non-hydrogen) atoms. The number of phenols is 2. The zero-order valence-corrected chi connectivity index (χ0v) is 8.40. The van der Waals surface area contributed by atoms with E-state index in [2.05, 4.69) is 0 Å². The smallest absolute Gasteiger partial charge is 0.244 e. The van der Waals surface area contributed by atoms with Gasteiger partial charge in [0.05, 0.1) is 0 Å². The van der Waals surface area contributed by atoms with Crippen LogP contribution in [0.4, 0.5) is 0 Å². The van der Waals surface area contributed by atoms with Crippen molar-refractivity contribution >= 4 is 12.0 Å². The van der Waals surface area contributed by atoms with Gasteiger partial charge in [-0.1, -0.05) is 13.0 Å². The number of nitrogens with two attached hydrogens (primary N) is 1. The van der Waals surface area contributed by atoms with Gasteiger partial charge in [-0.2, -0.15) is 0 Å². The van der Waals surface area contributed by atoms with Crippen LogP contribution in [0.15, 0.2) is 23.8 Å². The summed E-state index contributed by atoms with van der Waals surface area (Å²) in [7, 11) is 0.